The summed E-state index contributed by atoms with van der Waals surface area (Å²) in [6, 6.07) is 10.2. The van der Waals surface area contributed by atoms with Gasteiger partial charge >= 0.3 is 0 Å². The highest BCUT2D eigenvalue weighted by Gasteiger charge is 2.43. The van der Waals surface area contributed by atoms with Crippen LogP contribution in [0.25, 0.3) is 0 Å². The maximum atomic E-state index is 11.0. The topological polar surface area (TPSA) is 38.7 Å². The van der Waals surface area contributed by atoms with Crippen LogP contribution in [0, 0.1) is 11.8 Å². The molecule has 3 fully saturated rings. The molecule has 3 heteroatoms. The molecule has 23 heavy (non-hydrogen) atoms. The Hall–Kier alpha value is -0.900. The van der Waals surface area contributed by atoms with Crippen molar-refractivity contribution in [2.24, 2.45) is 11.8 Å². The molecule has 1 spiro atoms. The minimum atomic E-state index is -0.606. The maximum Gasteiger partial charge on any atom is 0.168 e. The van der Waals surface area contributed by atoms with E-state index < -0.39 is 5.60 Å². The first-order valence-corrected chi connectivity index (χ1v) is 9.25. The lowest BCUT2D eigenvalue weighted by atomic mass is 9.67. The van der Waals surface area contributed by atoms with E-state index in [1.54, 1.807) is 0 Å². The third-order valence-corrected chi connectivity index (χ3v) is 6.44. The Labute approximate surface area is 139 Å². The molecule has 0 bridgehead atoms. The summed E-state index contributed by atoms with van der Waals surface area (Å²) in [4.78, 5) is 0. The summed E-state index contributed by atoms with van der Waals surface area (Å²) in [7, 11) is 0. The molecule has 4 rings (SSSR count). The summed E-state index contributed by atoms with van der Waals surface area (Å²) >= 11 is 0. The highest BCUT2D eigenvalue weighted by atomic mass is 16.7. The summed E-state index contributed by atoms with van der Waals surface area (Å²) in [5.74, 6) is 1.31. The van der Waals surface area contributed by atoms with Gasteiger partial charge in [-0.25, -0.2) is 0 Å². The molecule has 3 nitrogen and oxygen atoms in total. The zero-order valence-electron chi connectivity index (χ0n) is 13.9. The molecule has 1 aliphatic heterocycles. The van der Waals surface area contributed by atoms with Crippen molar-refractivity contribution in [1.29, 1.82) is 0 Å². The second-order valence-corrected chi connectivity index (χ2v) is 7.68. The van der Waals surface area contributed by atoms with Crippen LogP contribution < -0.4 is 0 Å². The van der Waals surface area contributed by atoms with Crippen molar-refractivity contribution in [2.75, 3.05) is 13.2 Å². The SMILES string of the molecule is OC1(c2ccccc2)CCC(C2CCC3(CC2)OCCO3)CC1. The molecule has 0 aromatic heterocycles. The molecule has 2 saturated carbocycles. The van der Waals surface area contributed by atoms with E-state index in [0.717, 1.165) is 69.1 Å². The van der Waals surface area contributed by atoms with E-state index in [0.29, 0.717) is 0 Å². The van der Waals surface area contributed by atoms with Crippen molar-refractivity contribution in [2.45, 2.75) is 62.8 Å². The second-order valence-electron chi connectivity index (χ2n) is 7.68. The van der Waals surface area contributed by atoms with Crippen molar-refractivity contribution < 1.29 is 14.6 Å². The molecule has 0 atom stereocenters. The number of hydrogen-bond acceptors (Lipinski definition) is 3. The van der Waals surface area contributed by atoms with E-state index in [4.69, 9.17) is 9.47 Å². The fourth-order valence-corrected chi connectivity index (χ4v) is 4.96. The highest BCUT2D eigenvalue weighted by molar-refractivity contribution is 5.22. The van der Waals surface area contributed by atoms with Crippen LogP contribution in [0.4, 0.5) is 0 Å². The molecule has 126 valence electrons. The summed E-state index contributed by atoms with van der Waals surface area (Å²) in [5, 5.41) is 11.0. The number of benzene rings is 1. The van der Waals surface area contributed by atoms with Crippen LogP contribution in [-0.2, 0) is 15.1 Å². The van der Waals surface area contributed by atoms with E-state index in [1.807, 2.05) is 18.2 Å². The largest absolute Gasteiger partial charge is 0.385 e. The minimum Gasteiger partial charge on any atom is -0.385 e. The summed E-state index contributed by atoms with van der Waals surface area (Å²) in [6.45, 7) is 1.52. The van der Waals surface area contributed by atoms with Crippen LogP contribution >= 0.6 is 0 Å². The van der Waals surface area contributed by atoms with E-state index >= 15 is 0 Å². The molecule has 1 aromatic rings. The lowest BCUT2D eigenvalue weighted by Gasteiger charge is -2.43. The van der Waals surface area contributed by atoms with Crippen molar-refractivity contribution >= 4 is 0 Å². The van der Waals surface area contributed by atoms with E-state index in [-0.39, 0.29) is 5.79 Å². The Balaban J connectivity index is 1.33. The molecule has 1 N–H and O–H groups in total. The molecule has 1 aromatic carbocycles. The van der Waals surface area contributed by atoms with Gasteiger partial charge in [0.25, 0.3) is 0 Å². The van der Waals surface area contributed by atoms with Crippen LogP contribution in [-0.4, -0.2) is 24.1 Å². The number of ether oxygens (including phenoxy) is 2. The van der Waals surface area contributed by atoms with Crippen molar-refractivity contribution in [3.05, 3.63) is 35.9 Å². The zero-order chi connectivity index (χ0) is 15.8. The van der Waals surface area contributed by atoms with Crippen molar-refractivity contribution in [3.63, 3.8) is 0 Å². The van der Waals surface area contributed by atoms with Gasteiger partial charge in [0.05, 0.1) is 18.8 Å². The maximum absolute atomic E-state index is 11.0. The van der Waals surface area contributed by atoms with Crippen LogP contribution in [0.15, 0.2) is 30.3 Å². The first-order chi connectivity index (χ1) is 11.2. The Morgan fingerprint density at radius 2 is 1.30 bits per heavy atom. The van der Waals surface area contributed by atoms with E-state index in [1.165, 1.54) is 12.8 Å². The molecule has 0 unspecified atom stereocenters. The Morgan fingerprint density at radius 1 is 0.783 bits per heavy atom. The number of hydrogen-bond donors (Lipinski definition) is 1. The molecule has 3 aliphatic rings. The number of aliphatic hydroxyl groups is 1. The number of rotatable bonds is 2. The Kier molecular flexibility index (Phi) is 4.21. The third kappa shape index (κ3) is 3.07. The van der Waals surface area contributed by atoms with Gasteiger partial charge in [-0.05, 0) is 55.9 Å². The monoisotopic (exact) mass is 316 g/mol. The zero-order valence-corrected chi connectivity index (χ0v) is 13.9. The van der Waals surface area contributed by atoms with E-state index in [2.05, 4.69) is 12.1 Å². The van der Waals surface area contributed by atoms with Gasteiger partial charge in [-0.1, -0.05) is 30.3 Å². The van der Waals surface area contributed by atoms with Gasteiger partial charge in [0.15, 0.2) is 5.79 Å². The first-order valence-electron chi connectivity index (χ1n) is 9.25. The second kappa shape index (κ2) is 6.19. The molecule has 1 saturated heterocycles. The normalized spacial score (nSPS) is 34.7. The van der Waals surface area contributed by atoms with Crippen molar-refractivity contribution in [3.8, 4) is 0 Å². The van der Waals surface area contributed by atoms with Crippen LogP contribution in [0.2, 0.25) is 0 Å². The average Bonchev–Trinajstić information content (AvgIpc) is 3.06. The standard InChI is InChI=1S/C20H28O3/c21-19(18-4-2-1-3-5-18)10-6-16(7-11-19)17-8-12-20(13-9-17)22-14-15-23-20/h1-5,16-17,21H,6-15H2. The quantitative estimate of drug-likeness (QED) is 0.896. The smallest absolute Gasteiger partial charge is 0.168 e. The van der Waals surface area contributed by atoms with Crippen LogP contribution in [0.1, 0.15) is 56.9 Å². The predicted octanol–water partition coefficient (Wildman–Crippen LogP) is 4.00. The first kappa shape index (κ1) is 15.6. The van der Waals surface area contributed by atoms with Crippen molar-refractivity contribution in [1.82, 2.24) is 0 Å². The highest BCUT2D eigenvalue weighted by Crippen LogP contribution is 2.47. The van der Waals surface area contributed by atoms with Crippen LogP contribution in [0.5, 0.6) is 0 Å². The molecular formula is C20H28O3. The van der Waals surface area contributed by atoms with Gasteiger partial charge < -0.3 is 14.6 Å². The third-order valence-electron chi connectivity index (χ3n) is 6.44. The molecule has 0 amide bonds. The molecule has 1 heterocycles. The molecule has 0 radical (unpaired) electrons. The van der Waals surface area contributed by atoms with Gasteiger partial charge in [-0.15, -0.1) is 0 Å². The summed E-state index contributed by atoms with van der Waals surface area (Å²) in [5.41, 5.74) is 0.486. The van der Waals surface area contributed by atoms with Gasteiger partial charge in [0.1, 0.15) is 0 Å². The van der Waals surface area contributed by atoms with Gasteiger partial charge in [0.2, 0.25) is 0 Å². The summed E-state index contributed by atoms with van der Waals surface area (Å²) in [6.07, 6.45) is 8.62. The van der Waals surface area contributed by atoms with Gasteiger partial charge in [-0.3, -0.25) is 0 Å². The van der Waals surface area contributed by atoms with Crippen LogP contribution in [0.3, 0.4) is 0 Å². The predicted molar refractivity (Wildman–Crippen MR) is 88.9 cm³/mol. The van der Waals surface area contributed by atoms with Gasteiger partial charge in [-0.2, -0.15) is 0 Å². The fourth-order valence-electron chi connectivity index (χ4n) is 4.96. The summed E-state index contributed by atoms with van der Waals surface area (Å²) < 4.78 is 11.7. The van der Waals surface area contributed by atoms with E-state index in [9.17, 15) is 5.11 Å². The lowest BCUT2D eigenvalue weighted by Crippen LogP contribution is -2.39. The average molecular weight is 316 g/mol. The fraction of sp³-hybridized carbons (Fsp3) is 0.700. The lowest BCUT2D eigenvalue weighted by molar-refractivity contribution is -0.186. The Bertz CT molecular complexity index is 503. The molecular weight excluding hydrogens is 288 g/mol. The minimum absolute atomic E-state index is 0.240. The van der Waals surface area contributed by atoms with Gasteiger partial charge in [0, 0.05) is 12.8 Å². The Morgan fingerprint density at radius 3 is 1.87 bits per heavy atom. The molecule has 2 aliphatic carbocycles.